The first-order chi connectivity index (χ1) is 6.65. The fourth-order valence-corrected chi connectivity index (χ4v) is 1.41. The number of nitrogens with zero attached hydrogens (tertiary/aromatic N) is 2. The molecule has 0 atom stereocenters. The van der Waals surface area contributed by atoms with Gasteiger partial charge >= 0.3 is 0 Å². The van der Waals surface area contributed by atoms with Crippen LogP contribution in [0.2, 0.25) is 5.15 Å². The third kappa shape index (κ3) is 2.71. The summed E-state index contributed by atoms with van der Waals surface area (Å²) in [5, 5.41) is 8.91. The number of aliphatic hydroxyl groups excluding tert-OH is 1. The van der Waals surface area contributed by atoms with Crippen molar-refractivity contribution in [2.75, 3.05) is 18.1 Å². The van der Waals surface area contributed by atoms with Crippen molar-refractivity contribution < 1.29 is 5.11 Å². The summed E-state index contributed by atoms with van der Waals surface area (Å²) in [4.78, 5) is 7.61. The molecule has 1 aromatic rings. The number of nitrogen functional groups attached to an aromatic ring is 2. The number of aromatic nitrogens is 2. The van der Waals surface area contributed by atoms with E-state index in [-0.39, 0.29) is 12.6 Å². The Morgan fingerprint density at radius 2 is 1.93 bits per heavy atom. The molecule has 0 aliphatic rings. The van der Waals surface area contributed by atoms with Gasteiger partial charge in [0.1, 0.15) is 11.0 Å². The molecule has 1 heterocycles. The molecule has 0 spiro atoms. The van der Waals surface area contributed by atoms with Crippen molar-refractivity contribution in [1.82, 2.24) is 9.97 Å². The maximum Gasteiger partial charge on any atom is 0.223 e. The van der Waals surface area contributed by atoms with E-state index in [1.54, 1.807) is 0 Å². The zero-order valence-electron chi connectivity index (χ0n) is 7.70. The highest BCUT2D eigenvalue weighted by Crippen LogP contribution is 2.21. The second kappa shape index (κ2) is 4.97. The zero-order valence-corrected chi connectivity index (χ0v) is 8.46. The predicted octanol–water partition coefficient (Wildman–Crippen LogP) is 0.609. The maximum absolute atomic E-state index is 8.61. The van der Waals surface area contributed by atoms with E-state index in [1.807, 2.05) is 0 Å². The molecule has 0 radical (unpaired) electrons. The standard InChI is InChI=1S/C8H13ClN4O/c9-6-5(3-1-2-4-14)7(10)13-8(11)12-6/h14H,1-4H2,(H4,10,11,12,13). The summed E-state index contributed by atoms with van der Waals surface area (Å²) >= 11 is 5.84. The summed E-state index contributed by atoms with van der Waals surface area (Å²) < 4.78 is 0. The monoisotopic (exact) mass is 216 g/mol. The quantitative estimate of drug-likeness (QED) is 0.506. The SMILES string of the molecule is Nc1nc(N)c(CCCCO)c(Cl)n1. The van der Waals surface area contributed by atoms with Crippen LogP contribution in [0.4, 0.5) is 11.8 Å². The lowest BCUT2D eigenvalue weighted by molar-refractivity contribution is 0.284. The Labute approximate surface area is 87.1 Å². The van der Waals surface area contributed by atoms with Crippen LogP contribution in [-0.2, 0) is 6.42 Å². The molecule has 78 valence electrons. The van der Waals surface area contributed by atoms with Crippen molar-refractivity contribution >= 4 is 23.4 Å². The van der Waals surface area contributed by atoms with E-state index in [4.69, 9.17) is 28.2 Å². The summed E-state index contributed by atoms with van der Waals surface area (Å²) in [5.41, 5.74) is 11.7. The van der Waals surface area contributed by atoms with Gasteiger partial charge in [0.05, 0.1) is 0 Å². The van der Waals surface area contributed by atoms with Crippen LogP contribution in [0.5, 0.6) is 0 Å². The fourth-order valence-electron chi connectivity index (χ4n) is 1.13. The molecule has 0 aliphatic carbocycles. The second-order valence-corrected chi connectivity index (χ2v) is 3.28. The Morgan fingerprint density at radius 3 is 2.50 bits per heavy atom. The minimum absolute atomic E-state index is 0.0819. The molecule has 0 saturated heterocycles. The first-order valence-corrected chi connectivity index (χ1v) is 4.71. The summed E-state index contributed by atoms with van der Waals surface area (Å²) in [7, 11) is 0. The highest BCUT2D eigenvalue weighted by atomic mass is 35.5. The second-order valence-electron chi connectivity index (χ2n) is 2.92. The molecule has 14 heavy (non-hydrogen) atoms. The van der Waals surface area contributed by atoms with Crippen LogP contribution in [0.25, 0.3) is 0 Å². The molecule has 5 nitrogen and oxygen atoms in total. The van der Waals surface area contributed by atoms with Crippen LogP contribution in [-0.4, -0.2) is 21.7 Å². The van der Waals surface area contributed by atoms with Crippen molar-refractivity contribution in [3.63, 3.8) is 0 Å². The molecule has 0 bridgehead atoms. The molecule has 6 heteroatoms. The normalized spacial score (nSPS) is 10.4. The van der Waals surface area contributed by atoms with Crippen LogP contribution in [0.1, 0.15) is 18.4 Å². The minimum Gasteiger partial charge on any atom is -0.396 e. The van der Waals surface area contributed by atoms with Gasteiger partial charge in [0, 0.05) is 12.2 Å². The molecule has 5 N–H and O–H groups in total. The average Bonchev–Trinajstić information content (AvgIpc) is 2.09. The number of hydrogen-bond acceptors (Lipinski definition) is 5. The Bertz CT molecular complexity index is 295. The number of rotatable bonds is 4. The van der Waals surface area contributed by atoms with Crippen molar-refractivity contribution in [3.05, 3.63) is 10.7 Å². The fraction of sp³-hybridized carbons (Fsp3) is 0.500. The van der Waals surface area contributed by atoms with Crippen LogP contribution in [0, 0.1) is 0 Å². The highest BCUT2D eigenvalue weighted by Gasteiger charge is 2.08. The van der Waals surface area contributed by atoms with Gasteiger partial charge in [-0.25, -0.2) is 4.98 Å². The summed E-state index contributed by atoms with van der Waals surface area (Å²) in [6.07, 6.45) is 2.17. The van der Waals surface area contributed by atoms with E-state index < -0.39 is 0 Å². The Kier molecular flexibility index (Phi) is 3.91. The zero-order chi connectivity index (χ0) is 10.6. The number of nitrogens with two attached hydrogens (primary N) is 2. The lowest BCUT2D eigenvalue weighted by Gasteiger charge is -2.06. The number of anilines is 2. The van der Waals surface area contributed by atoms with Gasteiger partial charge in [0.2, 0.25) is 5.95 Å². The smallest absolute Gasteiger partial charge is 0.223 e. The van der Waals surface area contributed by atoms with Gasteiger partial charge in [-0.2, -0.15) is 4.98 Å². The first-order valence-electron chi connectivity index (χ1n) is 4.33. The summed E-state index contributed by atoms with van der Waals surface area (Å²) in [5.74, 6) is 0.402. The third-order valence-electron chi connectivity index (χ3n) is 1.84. The summed E-state index contributed by atoms with van der Waals surface area (Å²) in [6, 6.07) is 0. The number of aliphatic hydroxyl groups is 1. The molecular weight excluding hydrogens is 204 g/mol. The van der Waals surface area contributed by atoms with Gasteiger partial charge in [0.15, 0.2) is 0 Å². The van der Waals surface area contributed by atoms with Gasteiger partial charge in [0.25, 0.3) is 0 Å². The van der Waals surface area contributed by atoms with Crippen molar-refractivity contribution in [1.29, 1.82) is 0 Å². The van der Waals surface area contributed by atoms with Crippen molar-refractivity contribution in [3.8, 4) is 0 Å². The highest BCUT2D eigenvalue weighted by molar-refractivity contribution is 6.30. The van der Waals surface area contributed by atoms with Gasteiger partial charge in [-0.05, 0) is 19.3 Å². The first kappa shape index (κ1) is 11.0. The van der Waals surface area contributed by atoms with Crippen LogP contribution >= 0.6 is 11.6 Å². The number of halogens is 1. The lowest BCUT2D eigenvalue weighted by atomic mass is 10.1. The number of unbranched alkanes of at least 4 members (excludes halogenated alkanes) is 1. The lowest BCUT2D eigenvalue weighted by Crippen LogP contribution is -2.05. The molecule has 0 amide bonds. The van der Waals surface area contributed by atoms with E-state index >= 15 is 0 Å². The molecule has 0 fully saturated rings. The Balaban J connectivity index is 2.75. The van der Waals surface area contributed by atoms with Crippen molar-refractivity contribution in [2.24, 2.45) is 0 Å². The molecule has 1 aromatic heterocycles. The molecule has 0 aliphatic heterocycles. The van der Waals surface area contributed by atoms with Crippen LogP contribution in [0.3, 0.4) is 0 Å². The van der Waals surface area contributed by atoms with Gasteiger partial charge < -0.3 is 16.6 Å². The molecule has 0 aromatic carbocycles. The van der Waals surface area contributed by atoms with Gasteiger partial charge in [-0.3, -0.25) is 0 Å². The molecular formula is C8H13ClN4O. The Morgan fingerprint density at radius 1 is 1.21 bits per heavy atom. The number of hydrogen-bond donors (Lipinski definition) is 3. The molecule has 0 saturated carbocycles. The largest absolute Gasteiger partial charge is 0.396 e. The van der Waals surface area contributed by atoms with E-state index in [0.717, 1.165) is 6.42 Å². The van der Waals surface area contributed by atoms with Crippen LogP contribution < -0.4 is 11.5 Å². The summed E-state index contributed by atoms with van der Waals surface area (Å²) in [6.45, 7) is 0.160. The van der Waals surface area contributed by atoms with E-state index in [9.17, 15) is 0 Å². The van der Waals surface area contributed by atoms with Crippen LogP contribution in [0.15, 0.2) is 0 Å². The maximum atomic E-state index is 8.61. The van der Waals surface area contributed by atoms with Crippen molar-refractivity contribution in [2.45, 2.75) is 19.3 Å². The average molecular weight is 217 g/mol. The predicted molar refractivity (Wildman–Crippen MR) is 55.9 cm³/mol. The van der Waals surface area contributed by atoms with Gasteiger partial charge in [-0.1, -0.05) is 11.6 Å². The third-order valence-corrected chi connectivity index (χ3v) is 2.15. The van der Waals surface area contributed by atoms with Gasteiger partial charge in [-0.15, -0.1) is 0 Å². The minimum atomic E-state index is 0.0819. The topological polar surface area (TPSA) is 98.0 Å². The Hall–Kier alpha value is -1.07. The molecule has 0 unspecified atom stereocenters. The van der Waals surface area contributed by atoms with E-state index in [2.05, 4.69) is 9.97 Å². The van der Waals surface area contributed by atoms with E-state index in [1.165, 1.54) is 0 Å². The van der Waals surface area contributed by atoms with E-state index in [0.29, 0.717) is 29.4 Å². The molecule has 1 rings (SSSR count).